The average molecular weight is 225 g/mol. The monoisotopic (exact) mass is 225 g/mol. The second kappa shape index (κ2) is 8.21. The van der Waals surface area contributed by atoms with Crippen LogP contribution in [0.25, 0.3) is 0 Å². The van der Waals surface area contributed by atoms with Crippen molar-refractivity contribution < 1.29 is 0 Å². The summed E-state index contributed by atoms with van der Waals surface area (Å²) >= 11 is 0. The first-order valence-corrected chi connectivity index (χ1v) is 6.28. The van der Waals surface area contributed by atoms with Crippen molar-refractivity contribution in [2.75, 3.05) is 0 Å². The quantitative estimate of drug-likeness (QED) is 0.631. The summed E-state index contributed by atoms with van der Waals surface area (Å²) in [6.07, 6.45) is 7.93. The van der Waals surface area contributed by atoms with E-state index in [4.69, 9.17) is 0 Å². The molecule has 92 valence electrons. The first-order valence-electron chi connectivity index (χ1n) is 6.28. The Morgan fingerprint density at radius 3 is 2.75 bits per heavy atom. The topological polar surface area (TPSA) is 66.5 Å². The Bertz CT molecular complexity index is 247. The van der Waals surface area contributed by atoms with Gasteiger partial charge in [0, 0.05) is 6.04 Å². The molecule has 2 N–H and O–H groups in total. The van der Waals surface area contributed by atoms with Crippen LogP contribution < -0.4 is 5.32 Å². The highest BCUT2D eigenvalue weighted by Crippen LogP contribution is 2.07. The maximum atomic E-state index is 3.90. The fraction of sp³-hybridized carbons (Fsp3) is 0.909. The van der Waals surface area contributed by atoms with Crippen LogP contribution in [-0.4, -0.2) is 26.7 Å². The molecule has 1 unspecified atom stereocenters. The van der Waals surface area contributed by atoms with Crippen molar-refractivity contribution in [3.05, 3.63) is 5.82 Å². The van der Waals surface area contributed by atoms with Crippen LogP contribution in [0, 0.1) is 0 Å². The third-order valence-corrected chi connectivity index (χ3v) is 2.74. The molecular weight excluding hydrogens is 202 g/mol. The predicted octanol–water partition coefficient (Wildman–Crippen LogP) is 2.04. The van der Waals surface area contributed by atoms with Gasteiger partial charge in [-0.1, -0.05) is 44.2 Å². The molecule has 0 aromatic carbocycles. The van der Waals surface area contributed by atoms with Crippen LogP contribution in [0.15, 0.2) is 0 Å². The van der Waals surface area contributed by atoms with E-state index in [1.807, 2.05) is 0 Å². The largest absolute Gasteiger partial charge is 0.307 e. The fourth-order valence-electron chi connectivity index (χ4n) is 1.68. The molecule has 1 aromatic rings. The zero-order valence-electron chi connectivity index (χ0n) is 10.4. The van der Waals surface area contributed by atoms with Crippen LogP contribution >= 0.6 is 0 Å². The smallest absolute Gasteiger partial charge is 0.188 e. The Kier molecular flexibility index (Phi) is 6.72. The van der Waals surface area contributed by atoms with Gasteiger partial charge in [-0.2, -0.15) is 5.21 Å². The van der Waals surface area contributed by atoms with E-state index in [-0.39, 0.29) is 0 Å². The van der Waals surface area contributed by atoms with E-state index in [9.17, 15) is 0 Å². The molecule has 0 amide bonds. The number of nitrogens with zero attached hydrogens (tertiary/aromatic N) is 3. The fourth-order valence-corrected chi connectivity index (χ4v) is 1.68. The van der Waals surface area contributed by atoms with Gasteiger partial charge in [-0.15, -0.1) is 10.2 Å². The van der Waals surface area contributed by atoms with Gasteiger partial charge in [0.15, 0.2) is 5.82 Å². The molecule has 0 aliphatic carbocycles. The van der Waals surface area contributed by atoms with Crippen molar-refractivity contribution in [3.63, 3.8) is 0 Å². The van der Waals surface area contributed by atoms with E-state index in [1.165, 1.54) is 38.5 Å². The number of unbranched alkanes of at least 4 members (excludes halogenated alkanes) is 4. The highest BCUT2D eigenvalue weighted by atomic mass is 15.5. The van der Waals surface area contributed by atoms with Crippen molar-refractivity contribution in [2.24, 2.45) is 0 Å². The third-order valence-electron chi connectivity index (χ3n) is 2.74. The lowest BCUT2D eigenvalue weighted by Gasteiger charge is -2.11. The molecule has 0 aliphatic heterocycles. The summed E-state index contributed by atoms with van der Waals surface area (Å²) in [7, 11) is 0. The number of aromatic nitrogens is 4. The second-order valence-electron chi connectivity index (χ2n) is 4.31. The summed E-state index contributed by atoms with van der Waals surface area (Å²) in [5.74, 6) is 0.734. The van der Waals surface area contributed by atoms with E-state index in [2.05, 4.69) is 39.8 Å². The second-order valence-corrected chi connectivity index (χ2v) is 4.31. The molecule has 1 rings (SSSR count). The van der Waals surface area contributed by atoms with Crippen LogP contribution in [0.5, 0.6) is 0 Å². The molecule has 0 fully saturated rings. The lowest BCUT2D eigenvalue weighted by Crippen LogP contribution is -2.25. The van der Waals surface area contributed by atoms with Crippen molar-refractivity contribution in [3.8, 4) is 0 Å². The van der Waals surface area contributed by atoms with Gasteiger partial charge < -0.3 is 5.32 Å². The lowest BCUT2D eigenvalue weighted by molar-refractivity contribution is 0.474. The normalized spacial score (nSPS) is 12.9. The van der Waals surface area contributed by atoms with Crippen molar-refractivity contribution >= 4 is 0 Å². The summed E-state index contributed by atoms with van der Waals surface area (Å²) in [5, 5.41) is 17.2. The van der Waals surface area contributed by atoms with Gasteiger partial charge in [0.25, 0.3) is 0 Å². The molecule has 0 saturated heterocycles. The van der Waals surface area contributed by atoms with E-state index in [1.54, 1.807) is 0 Å². The Morgan fingerprint density at radius 2 is 2.06 bits per heavy atom. The van der Waals surface area contributed by atoms with Crippen LogP contribution in [0.1, 0.15) is 58.2 Å². The summed E-state index contributed by atoms with van der Waals surface area (Å²) in [5.41, 5.74) is 0. The summed E-state index contributed by atoms with van der Waals surface area (Å²) < 4.78 is 0. The average Bonchev–Trinajstić information content (AvgIpc) is 2.79. The van der Waals surface area contributed by atoms with Crippen LogP contribution in [0.3, 0.4) is 0 Å². The zero-order valence-corrected chi connectivity index (χ0v) is 10.4. The molecule has 5 nitrogen and oxygen atoms in total. The number of hydrogen-bond donors (Lipinski definition) is 2. The highest BCUT2D eigenvalue weighted by molar-refractivity contribution is 4.75. The Morgan fingerprint density at radius 1 is 1.25 bits per heavy atom. The molecule has 1 atom stereocenters. The van der Waals surface area contributed by atoms with Crippen molar-refractivity contribution in [1.82, 2.24) is 25.9 Å². The number of aromatic amines is 1. The van der Waals surface area contributed by atoms with Gasteiger partial charge in [0.2, 0.25) is 0 Å². The van der Waals surface area contributed by atoms with Crippen molar-refractivity contribution in [1.29, 1.82) is 0 Å². The molecular formula is C11H23N5. The predicted molar refractivity (Wildman–Crippen MR) is 63.9 cm³/mol. The summed E-state index contributed by atoms with van der Waals surface area (Å²) in [4.78, 5) is 0. The Labute approximate surface area is 97.4 Å². The van der Waals surface area contributed by atoms with Gasteiger partial charge in [-0.05, 0) is 13.3 Å². The van der Waals surface area contributed by atoms with E-state index in [0.29, 0.717) is 12.6 Å². The molecule has 0 aliphatic rings. The van der Waals surface area contributed by atoms with E-state index < -0.39 is 0 Å². The minimum atomic E-state index is 0.528. The van der Waals surface area contributed by atoms with Crippen LogP contribution in [-0.2, 0) is 6.54 Å². The molecule has 0 saturated carbocycles. The number of rotatable bonds is 9. The minimum Gasteiger partial charge on any atom is -0.307 e. The molecule has 5 heteroatoms. The highest BCUT2D eigenvalue weighted by Gasteiger charge is 2.03. The molecule has 0 bridgehead atoms. The maximum absolute atomic E-state index is 3.90. The number of tetrazole rings is 1. The van der Waals surface area contributed by atoms with E-state index in [0.717, 1.165) is 5.82 Å². The summed E-state index contributed by atoms with van der Waals surface area (Å²) in [6, 6.07) is 0.528. The van der Waals surface area contributed by atoms with Gasteiger partial charge in [-0.25, -0.2) is 0 Å². The number of H-pyrrole nitrogens is 1. The SMILES string of the molecule is CCCCCCCC(C)NCc1nn[nH]n1. The molecule has 0 radical (unpaired) electrons. The lowest BCUT2D eigenvalue weighted by atomic mass is 10.1. The van der Waals surface area contributed by atoms with Crippen LogP contribution in [0.4, 0.5) is 0 Å². The third kappa shape index (κ3) is 5.80. The van der Waals surface area contributed by atoms with Crippen molar-refractivity contribution in [2.45, 2.75) is 65.0 Å². The number of hydrogen-bond acceptors (Lipinski definition) is 4. The minimum absolute atomic E-state index is 0.528. The van der Waals surface area contributed by atoms with Gasteiger partial charge in [0.05, 0.1) is 6.54 Å². The van der Waals surface area contributed by atoms with E-state index >= 15 is 0 Å². The maximum Gasteiger partial charge on any atom is 0.188 e. The van der Waals surface area contributed by atoms with Gasteiger partial charge >= 0.3 is 0 Å². The summed E-state index contributed by atoms with van der Waals surface area (Å²) in [6.45, 7) is 5.15. The molecule has 1 aromatic heterocycles. The zero-order chi connectivity index (χ0) is 11.6. The first kappa shape index (κ1) is 13.1. The van der Waals surface area contributed by atoms with Crippen LogP contribution in [0.2, 0.25) is 0 Å². The Hall–Kier alpha value is -0.970. The molecule has 1 heterocycles. The van der Waals surface area contributed by atoms with Gasteiger partial charge in [-0.3, -0.25) is 0 Å². The van der Waals surface area contributed by atoms with Gasteiger partial charge in [0.1, 0.15) is 0 Å². The Balaban J connectivity index is 1.96. The molecule has 16 heavy (non-hydrogen) atoms. The first-order chi connectivity index (χ1) is 7.83. The molecule has 0 spiro atoms. The number of nitrogens with one attached hydrogen (secondary N) is 2. The standard InChI is InChI=1S/C11H23N5/c1-3-4-5-6-7-8-10(2)12-9-11-13-15-16-14-11/h10,12H,3-9H2,1-2H3,(H,13,14,15,16).